The van der Waals surface area contributed by atoms with Gasteiger partial charge in [0.05, 0.1) is 0 Å². The van der Waals surface area contributed by atoms with Crippen LogP contribution >= 0.6 is 0 Å². The molecule has 1 aliphatic heterocycles. The lowest BCUT2D eigenvalue weighted by Crippen LogP contribution is -2.69. The zero-order valence-electron chi connectivity index (χ0n) is 6.27. The summed E-state index contributed by atoms with van der Waals surface area (Å²) in [6, 6.07) is 0. The highest BCUT2D eigenvalue weighted by molar-refractivity contribution is 5.82. The number of hydrogen-bond donors (Lipinski definition) is 1. The van der Waals surface area contributed by atoms with Crippen LogP contribution in [0, 0.1) is 5.92 Å². The maximum atomic E-state index is 3.36. The fourth-order valence-corrected chi connectivity index (χ4v) is 1.93. The van der Waals surface area contributed by atoms with E-state index < -0.39 is 0 Å². The first-order chi connectivity index (χ1) is 4.97. The summed E-state index contributed by atoms with van der Waals surface area (Å²) >= 11 is 0. The molecular weight excluding hydrogens is 122 g/mol. The summed E-state index contributed by atoms with van der Waals surface area (Å²) in [7, 11) is 0. The van der Waals surface area contributed by atoms with Crippen molar-refractivity contribution in [2.24, 2.45) is 5.92 Å². The van der Waals surface area contributed by atoms with Crippen LogP contribution in [0.15, 0.2) is 12.3 Å². The maximum absolute atomic E-state index is 3.36. The van der Waals surface area contributed by atoms with Gasteiger partial charge in [0, 0.05) is 12.3 Å². The summed E-state index contributed by atoms with van der Waals surface area (Å²) in [5, 5.41) is 0. The second-order valence-corrected chi connectivity index (χ2v) is 3.25. The van der Waals surface area contributed by atoms with Crippen LogP contribution in [0.25, 0.3) is 0 Å². The van der Waals surface area contributed by atoms with Gasteiger partial charge >= 0.3 is 0 Å². The van der Waals surface area contributed by atoms with E-state index in [-0.39, 0.29) is 0 Å². The molecule has 1 heteroatoms. The molecule has 1 unspecified atom stereocenters. The number of allylic oxidation sites excluding steroid dienone is 1. The summed E-state index contributed by atoms with van der Waals surface area (Å²) in [4.78, 5) is 3.36. The minimum Gasteiger partial charge on any atom is -0.219 e. The number of hydrogen-bond acceptors (Lipinski definition) is 0. The molecule has 0 bridgehead atoms. The lowest BCUT2D eigenvalue weighted by molar-refractivity contribution is -0.381. The van der Waals surface area contributed by atoms with Gasteiger partial charge in [0.15, 0.2) is 11.9 Å². The van der Waals surface area contributed by atoms with Gasteiger partial charge in [0.2, 0.25) is 0 Å². The quantitative estimate of drug-likeness (QED) is 0.501. The van der Waals surface area contributed by atoms with E-state index in [9.17, 15) is 0 Å². The normalized spacial score (nSPS) is 31.2. The van der Waals surface area contributed by atoms with Crippen molar-refractivity contribution >= 4 is 5.71 Å². The first kappa shape index (κ1) is 6.14. The molecule has 1 fully saturated rings. The SMILES string of the molecule is C1=C[NH+]=C2CCCCC2C1. The molecule has 1 nitrogen and oxygen atoms in total. The summed E-state index contributed by atoms with van der Waals surface area (Å²) in [6.45, 7) is 0. The number of nitrogens with one attached hydrogen (secondary N) is 1. The van der Waals surface area contributed by atoms with Crippen LogP contribution in [-0.2, 0) is 0 Å². The Bertz CT molecular complexity index is 179. The van der Waals surface area contributed by atoms with E-state index >= 15 is 0 Å². The minimum absolute atomic E-state index is 0.874. The highest BCUT2D eigenvalue weighted by atomic mass is 14.7. The van der Waals surface area contributed by atoms with E-state index in [1.165, 1.54) is 32.1 Å². The van der Waals surface area contributed by atoms with Crippen LogP contribution in [0.2, 0.25) is 0 Å². The molecule has 1 atom stereocenters. The monoisotopic (exact) mass is 136 g/mol. The van der Waals surface area contributed by atoms with E-state index in [0.717, 1.165) is 5.92 Å². The van der Waals surface area contributed by atoms with Crippen LogP contribution in [0.1, 0.15) is 32.1 Å². The van der Waals surface area contributed by atoms with Gasteiger partial charge in [0.25, 0.3) is 0 Å². The Kier molecular flexibility index (Phi) is 1.58. The van der Waals surface area contributed by atoms with Crippen molar-refractivity contribution in [1.82, 2.24) is 0 Å². The first-order valence-corrected chi connectivity index (χ1v) is 4.24. The van der Waals surface area contributed by atoms with Crippen LogP contribution in [0.3, 0.4) is 0 Å². The zero-order chi connectivity index (χ0) is 6.81. The Labute approximate surface area is 61.9 Å². The van der Waals surface area contributed by atoms with Crippen molar-refractivity contribution in [2.45, 2.75) is 32.1 Å². The molecule has 0 spiro atoms. The standard InChI is InChI=1S/C9H13N/c1-2-6-9-8(4-1)5-3-7-10-9/h3,7-8H,1-2,4-6H2/p+1. The van der Waals surface area contributed by atoms with E-state index in [2.05, 4.69) is 17.3 Å². The third-order valence-corrected chi connectivity index (χ3v) is 2.55. The molecule has 1 saturated carbocycles. The summed E-state index contributed by atoms with van der Waals surface area (Å²) < 4.78 is 0. The molecule has 1 aliphatic carbocycles. The van der Waals surface area contributed by atoms with Crippen molar-refractivity contribution in [3.63, 3.8) is 0 Å². The minimum atomic E-state index is 0.874. The molecular formula is C9H14N+. The highest BCUT2D eigenvalue weighted by Crippen LogP contribution is 2.23. The van der Waals surface area contributed by atoms with E-state index in [1.807, 2.05) is 0 Å². The lowest BCUT2D eigenvalue weighted by atomic mass is 9.84. The molecule has 1 N–H and O–H groups in total. The molecule has 0 amide bonds. The third-order valence-electron chi connectivity index (χ3n) is 2.55. The van der Waals surface area contributed by atoms with Gasteiger partial charge < -0.3 is 0 Å². The summed E-state index contributed by atoms with van der Waals surface area (Å²) in [5.41, 5.74) is 1.59. The zero-order valence-corrected chi connectivity index (χ0v) is 6.27. The molecule has 0 saturated heterocycles. The Morgan fingerprint density at radius 2 is 2.40 bits per heavy atom. The fraction of sp³-hybridized carbons (Fsp3) is 0.667. The molecule has 1 heterocycles. The van der Waals surface area contributed by atoms with E-state index in [1.54, 1.807) is 5.71 Å². The Morgan fingerprint density at radius 3 is 3.30 bits per heavy atom. The molecule has 2 aliphatic rings. The van der Waals surface area contributed by atoms with Gasteiger partial charge in [-0.2, -0.15) is 0 Å². The van der Waals surface area contributed by atoms with Gasteiger partial charge in [-0.3, -0.25) is 0 Å². The molecule has 0 aromatic heterocycles. The topological polar surface area (TPSA) is 14.0 Å². The van der Waals surface area contributed by atoms with Crippen LogP contribution in [0.4, 0.5) is 0 Å². The third kappa shape index (κ3) is 1.00. The Morgan fingerprint density at radius 1 is 1.40 bits per heavy atom. The number of fused-ring (bicyclic) bond motifs is 1. The molecule has 54 valence electrons. The summed E-state index contributed by atoms with van der Waals surface area (Å²) in [5.74, 6) is 0.874. The highest BCUT2D eigenvalue weighted by Gasteiger charge is 2.24. The van der Waals surface area contributed by atoms with Gasteiger partial charge in [0.1, 0.15) is 0 Å². The van der Waals surface area contributed by atoms with Crippen molar-refractivity contribution in [1.29, 1.82) is 0 Å². The predicted octanol–water partition coefficient (Wildman–Crippen LogP) is 0.616. The van der Waals surface area contributed by atoms with Gasteiger partial charge in [-0.15, -0.1) is 0 Å². The largest absolute Gasteiger partial charge is 0.219 e. The van der Waals surface area contributed by atoms with Crippen LogP contribution in [-0.4, -0.2) is 5.71 Å². The second kappa shape index (κ2) is 2.57. The van der Waals surface area contributed by atoms with Crippen LogP contribution < -0.4 is 4.99 Å². The van der Waals surface area contributed by atoms with Crippen molar-refractivity contribution in [2.75, 3.05) is 0 Å². The number of rotatable bonds is 0. The van der Waals surface area contributed by atoms with Gasteiger partial charge in [-0.25, -0.2) is 4.99 Å². The smallest absolute Gasteiger partial charge is 0.162 e. The molecule has 10 heavy (non-hydrogen) atoms. The predicted molar refractivity (Wildman–Crippen MR) is 41.7 cm³/mol. The lowest BCUT2D eigenvalue weighted by Gasteiger charge is -2.19. The van der Waals surface area contributed by atoms with E-state index in [4.69, 9.17) is 0 Å². The van der Waals surface area contributed by atoms with E-state index in [0.29, 0.717) is 0 Å². The molecule has 0 aromatic carbocycles. The Hall–Kier alpha value is -0.590. The summed E-state index contributed by atoms with van der Waals surface area (Å²) in [6.07, 6.45) is 11.2. The Balaban J connectivity index is 2.14. The molecule has 2 rings (SSSR count). The van der Waals surface area contributed by atoms with Crippen LogP contribution in [0.5, 0.6) is 0 Å². The molecule has 0 radical (unpaired) electrons. The fourth-order valence-electron chi connectivity index (χ4n) is 1.93. The first-order valence-electron chi connectivity index (χ1n) is 4.24. The maximum Gasteiger partial charge on any atom is 0.162 e. The van der Waals surface area contributed by atoms with Gasteiger partial charge in [-0.05, 0) is 25.3 Å². The average Bonchev–Trinajstić information content (AvgIpc) is 2.05. The molecule has 0 aromatic rings. The second-order valence-electron chi connectivity index (χ2n) is 3.25. The van der Waals surface area contributed by atoms with Crippen molar-refractivity contribution in [3.8, 4) is 0 Å². The van der Waals surface area contributed by atoms with Gasteiger partial charge in [-0.1, -0.05) is 6.42 Å². The average molecular weight is 136 g/mol. The van der Waals surface area contributed by atoms with Crippen molar-refractivity contribution < 1.29 is 4.99 Å². The van der Waals surface area contributed by atoms with Crippen molar-refractivity contribution in [3.05, 3.63) is 12.3 Å².